The third-order valence-electron chi connectivity index (χ3n) is 2.71. The summed E-state index contributed by atoms with van der Waals surface area (Å²) in [4.78, 5) is 0. The van der Waals surface area contributed by atoms with Gasteiger partial charge in [0.25, 0.3) is 0 Å². The van der Waals surface area contributed by atoms with Crippen LogP contribution in [0.5, 0.6) is 0 Å². The summed E-state index contributed by atoms with van der Waals surface area (Å²) >= 11 is 0. The van der Waals surface area contributed by atoms with Crippen LogP contribution in [0.15, 0.2) is 0 Å². The Morgan fingerprint density at radius 3 is 2.85 bits per heavy atom. The molecule has 1 rings (SSSR count). The molecule has 3 nitrogen and oxygen atoms in total. The summed E-state index contributed by atoms with van der Waals surface area (Å²) in [7, 11) is 2.00. The lowest BCUT2D eigenvalue weighted by molar-refractivity contribution is 0.00149. The van der Waals surface area contributed by atoms with Crippen molar-refractivity contribution in [3.05, 3.63) is 0 Å². The van der Waals surface area contributed by atoms with Crippen LogP contribution in [0.25, 0.3) is 0 Å². The van der Waals surface area contributed by atoms with Gasteiger partial charge >= 0.3 is 0 Å². The summed E-state index contributed by atoms with van der Waals surface area (Å²) in [6, 6.07) is 0.521. The highest BCUT2D eigenvalue weighted by Crippen LogP contribution is 2.20. The molecule has 0 amide bonds. The standard InChI is InChI=1S/C10H21NO2/c1-11-9-5-2-3-6-10(9)13-8-4-7-12/h9-12H,2-8H2,1H3. The number of aliphatic hydroxyl groups is 1. The van der Waals surface area contributed by atoms with E-state index in [0.29, 0.717) is 18.8 Å². The van der Waals surface area contributed by atoms with Crippen molar-refractivity contribution >= 4 is 0 Å². The number of nitrogens with one attached hydrogen (secondary N) is 1. The normalized spacial score (nSPS) is 29.1. The molecule has 1 aliphatic carbocycles. The Bertz CT molecular complexity index is 130. The minimum Gasteiger partial charge on any atom is -0.396 e. The fraction of sp³-hybridized carbons (Fsp3) is 1.00. The Hall–Kier alpha value is -0.120. The van der Waals surface area contributed by atoms with Gasteiger partial charge in [0, 0.05) is 19.3 Å². The molecule has 1 saturated carbocycles. The molecule has 3 heteroatoms. The van der Waals surface area contributed by atoms with Gasteiger partial charge in [0.15, 0.2) is 0 Å². The molecule has 0 aliphatic heterocycles. The van der Waals surface area contributed by atoms with Crippen molar-refractivity contribution in [1.82, 2.24) is 5.32 Å². The molecule has 0 radical (unpaired) electrons. The molecule has 0 aromatic rings. The van der Waals surface area contributed by atoms with Gasteiger partial charge in [-0.2, -0.15) is 0 Å². The van der Waals surface area contributed by atoms with Crippen LogP contribution in [-0.4, -0.2) is 37.5 Å². The molecule has 0 aromatic carbocycles. The SMILES string of the molecule is CNC1CCCCC1OCCCO. The molecule has 1 aliphatic rings. The van der Waals surface area contributed by atoms with Gasteiger partial charge in [0.1, 0.15) is 0 Å². The lowest BCUT2D eigenvalue weighted by Gasteiger charge is -2.31. The first-order valence-corrected chi connectivity index (χ1v) is 5.28. The van der Waals surface area contributed by atoms with E-state index in [0.717, 1.165) is 12.8 Å². The van der Waals surface area contributed by atoms with Crippen molar-refractivity contribution < 1.29 is 9.84 Å². The maximum Gasteiger partial charge on any atom is 0.0727 e. The maximum atomic E-state index is 8.62. The van der Waals surface area contributed by atoms with E-state index < -0.39 is 0 Å². The van der Waals surface area contributed by atoms with Crippen molar-refractivity contribution in [1.29, 1.82) is 0 Å². The molecule has 2 unspecified atom stereocenters. The van der Waals surface area contributed by atoms with Gasteiger partial charge in [-0.05, 0) is 26.3 Å². The van der Waals surface area contributed by atoms with Crippen LogP contribution < -0.4 is 5.32 Å². The summed E-state index contributed by atoms with van der Waals surface area (Å²) in [5.74, 6) is 0. The molecule has 78 valence electrons. The van der Waals surface area contributed by atoms with Crippen molar-refractivity contribution in [2.24, 2.45) is 0 Å². The second-order valence-corrected chi connectivity index (χ2v) is 3.67. The lowest BCUT2D eigenvalue weighted by Crippen LogP contribution is -2.41. The van der Waals surface area contributed by atoms with Gasteiger partial charge in [-0.15, -0.1) is 0 Å². The van der Waals surface area contributed by atoms with E-state index in [1.165, 1.54) is 19.3 Å². The van der Waals surface area contributed by atoms with Gasteiger partial charge in [-0.1, -0.05) is 12.8 Å². The molecule has 0 bridgehead atoms. The summed E-state index contributed by atoms with van der Waals surface area (Å²) in [5.41, 5.74) is 0. The van der Waals surface area contributed by atoms with Crippen LogP contribution in [0.4, 0.5) is 0 Å². The van der Waals surface area contributed by atoms with Crippen molar-refractivity contribution in [2.75, 3.05) is 20.3 Å². The number of likely N-dealkylation sites (N-methyl/N-ethyl adjacent to an activating group) is 1. The number of ether oxygens (including phenoxy) is 1. The van der Waals surface area contributed by atoms with Crippen LogP contribution in [0.3, 0.4) is 0 Å². The van der Waals surface area contributed by atoms with E-state index in [1.807, 2.05) is 7.05 Å². The van der Waals surface area contributed by atoms with E-state index in [9.17, 15) is 0 Å². The van der Waals surface area contributed by atoms with Gasteiger partial charge < -0.3 is 15.2 Å². The fourth-order valence-corrected chi connectivity index (χ4v) is 1.93. The quantitative estimate of drug-likeness (QED) is 0.629. The first-order valence-electron chi connectivity index (χ1n) is 5.28. The molecule has 0 saturated heterocycles. The lowest BCUT2D eigenvalue weighted by atomic mass is 9.92. The monoisotopic (exact) mass is 187 g/mol. The minimum atomic E-state index is 0.233. The highest BCUT2D eigenvalue weighted by Gasteiger charge is 2.23. The molecule has 2 atom stereocenters. The van der Waals surface area contributed by atoms with E-state index >= 15 is 0 Å². The second-order valence-electron chi connectivity index (χ2n) is 3.67. The Balaban J connectivity index is 2.19. The smallest absolute Gasteiger partial charge is 0.0727 e. The van der Waals surface area contributed by atoms with Gasteiger partial charge in [0.05, 0.1) is 6.10 Å². The largest absolute Gasteiger partial charge is 0.396 e. The Morgan fingerprint density at radius 2 is 2.15 bits per heavy atom. The molecular formula is C10H21NO2. The van der Waals surface area contributed by atoms with Crippen molar-refractivity contribution in [3.63, 3.8) is 0 Å². The molecule has 0 spiro atoms. The number of rotatable bonds is 5. The zero-order valence-corrected chi connectivity index (χ0v) is 8.46. The molecule has 13 heavy (non-hydrogen) atoms. The number of aliphatic hydroxyl groups excluding tert-OH is 1. The molecule has 0 aromatic heterocycles. The minimum absolute atomic E-state index is 0.233. The third-order valence-corrected chi connectivity index (χ3v) is 2.71. The Labute approximate surface area is 80.5 Å². The number of hydrogen-bond donors (Lipinski definition) is 2. The van der Waals surface area contributed by atoms with Gasteiger partial charge in [0.2, 0.25) is 0 Å². The summed E-state index contributed by atoms with van der Waals surface area (Å²) in [5, 5.41) is 11.9. The van der Waals surface area contributed by atoms with Crippen molar-refractivity contribution in [2.45, 2.75) is 44.2 Å². The van der Waals surface area contributed by atoms with Crippen LogP contribution in [0.2, 0.25) is 0 Å². The Morgan fingerprint density at radius 1 is 1.38 bits per heavy atom. The first kappa shape index (κ1) is 11.0. The third kappa shape index (κ3) is 3.63. The van der Waals surface area contributed by atoms with Gasteiger partial charge in [-0.3, -0.25) is 0 Å². The fourth-order valence-electron chi connectivity index (χ4n) is 1.93. The molecular weight excluding hydrogens is 166 g/mol. The number of hydrogen-bond acceptors (Lipinski definition) is 3. The van der Waals surface area contributed by atoms with Crippen LogP contribution in [-0.2, 0) is 4.74 Å². The summed E-state index contributed by atoms with van der Waals surface area (Å²) in [6.07, 6.45) is 6.10. The average Bonchev–Trinajstić information content (AvgIpc) is 2.19. The molecule has 1 fully saturated rings. The first-order chi connectivity index (χ1) is 6.38. The topological polar surface area (TPSA) is 41.5 Å². The predicted molar refractivity (Wildman–Crippen MR) is 52.8 cm³/mol. The van der Waals surface area contributed by atoms with Crippen LogP contribution >= 0.6 is 0 Å². The zero-order valence-electron chi connectivity index (χ0n) is 8.46. The van der Waals surface area contributed by atoms with E-state index in [1.54, 1.807) is 0 Å². The van der Waals surface area contributed by atoms with Crippen molar-refractivity contribution in [3.8, 4) is 0 Å². The molecule has 2 N–H and O–H groups in total. The van der Waals surface area contributed by atoms with Crippen LogP contribution in [0, 0.1) is 0 Å². The highest BCUT2D eigenvalue weighted by molar-refractivity contribution is 4.80. The summed E-state index contributed by atoms with van der Waals surface area (Å²) in [6.45, 7) is 0.927. The molecule has 0 heterocycles. The van der Waals surface area contributed by atoms with Gasteiger partial charge in [-0.25, -0.2) is 0 Å². The van der Waals surface area contributed by atoms with Crippen LogP contribution in [0.1, 0.15) is 32.1 Å². The predicted octanol–water partition coefficient (Wildman–Crippen LogP) is 0.916. The van der Waals surface area contributed by atoms with E-state index in [2.05, 4.69) is 5.32 Å². The zero-order chi connectivity index (χ0) is 9.52. The summed E-state index contributed by atoms with van der Waals surface area (Å²) < 4.78 is 5.70. The second kappa shape index (κ2) is 6.35. The maximum absolute atomic E-state index is 8.62. The van der Waals surface area contributed by atoms with E-state index in [4.69, 9.17) is 9.84 Å². The highest BCUT2D eigenvalue weighted by atomic mass is 16.5. The average molecular weight is 187 g/mol. The Kier molecular flexibility index (Phi) is 5.35. The van der Waals surface area contributed by atoms with E-state index in [-0.39, 0.29) is 6.61 Å².